The van der Waals surface area contributed by atoms with Crippen molar-refractivity contribution in [1.82, 2.24) is 9.78 Å². The molecule has 0 N–H and O–H groups in total. The lowest BCUT2D eigenvalue weighted by Crippen LogP contribution is -2.11. The first-order valence-electron chi connectivity index (χ1n) is 3.93. The number of rotatable bonds is 0. The number of hydrogen-bond donors (Lipinski definition) is 0. The van der Waals surface area contributed by atoms with Crippen molar-refractivity contribution < 1.29 is 0 Å². The number of aromatic nitrogens is 2. The lowest BCUT2D eigenvalue weighted by Gasteiger charge is -2.12. The van der Waals surface area contributed by atoms with E-state index < -0.39 is 0 Å². The molecule has 2 heteroatoms. The van der Waals surface area contributed by atoms with E-state index in [9.17, 15) is 0 Å². The van der Waals surface area contributed by atoms with Crippen LogP contribution in [0.5, 0.6) is 0 Å². The number of fused-ring (bicyclic) bond motifs is 1. The molecule has 0 amide bonds. The van der Waals surface area contributed by atoms with E-state index in [0.29, 0.717) is 0 Å². The van der Waals surface area contributed by atoms with Crippen molar-refractivity contribution >= 4 is 0 Å². The van der Waals surface area contributed by atoms with Crippen LogP contribution >= 0.6 is 0 Å². The van der Waals surface area contributed by atoms with Crippen molar-refractivity contribution in [3.05, 3.63) is 17.5 Å². The van der Waals surface area contributed by atoms with E-state index in [2.05, 4.69) is 11.0 Å². The summed E-state index contributed by atoms with van der Waals surface area (Å²) in [5.74, 6) is 2.65. The van der Waals surface area contributed by atoms with Gasteiger partial charge in [0.2, 0.25) is 0 Å². The summed E-state index contributed by atoms with van der Waals surface area (Å²) in [4.78, 5) is 0. The summed E-state index contributed by atoms with van der Waals surface area (Å²) < 4.78 is 2.03. The van der Waals surface area contributed by atoms with Crippen LogP contribution in [0.25, 0.3) is 0 Å². The van der Waals surface area contributed by atoms with E-state index in [1.165, 1.54) is 18.5 Å². The average molecular weight is 146 g/mol. The molecule has 0 radical (unpaired) electrons. The fourth-order valence-electron chi connectivity index (χ4n) is 1.54. The van der Waals surface area contributed by atoms with Crippen LogP contribution in [-0.2, 0) is 13.0 Å². The Bertz CT molecular complexity index is 304. The minimum Gasteiger partial charge on any atom is -0.268 e. The minimum absolute atomic E-state index is 0.977. The molecule has 0 aliphatic carbocycles. The Labute approximate surface area is 66.2 Å². The van der Waals surface area contributed by atoms with E-state index in [4.69, 9.17) is 6.42 Å². The summed E-state index contributed by atoms with van der Waals surface area (Å²) in [5, 5.41) is 4.20. The van der Waals surface area contributed by atoms with Gasteiger partial charge in [-0.15, -0.1) is 6.42 Å². The van der Waals surface area contributed by atoms with Crippen LogP contribution < -0.4 is 0 Å². The maximum Gasteiger partial charge on any atom is 0.0654 e. The maximum absolute atomic E-state index is 5.32. The van der Waals surface area contributed by atoms with Crippen molar-refractivity contribution in [2.24, 2.45) is 0 Å². The molecule has 1 aliphatic rings. The monoisotopic (exact) mass is 146 g/mol. The molecule has 2 heterocycles. The predicted octanol–water partition coefficient (Wildman–Crippen LogP) is 1.20. The van der Waals surface area contributed by atoms with Gasteiger partial charge in [0, 0.05) is 6.54 Å². The molecular formula is C9H10N2. The fraction of sp³-hybridized carbons (Fsp3) is 0.444. The molecular weight excluding hydrogens is 136 g/mol. The van der Waals surface area contributed by atoms with E-state index in [1.54, 1.807) is 6.20 Å². The molecule has 1 aromatic rings. The molecule has 0 saturated heterocycles. The lowest BCUT2D eigenvalue weighted by atomic mass is 10.1. The highest BCUT2D eigenvalue weighted by Gasteiger charge is 2.12. The van der Waals surface area contributed by atoms with Crippen LogP contribution in [0.15, 0.2) is 6.20 Å². The molecule has 0 fully saturated rings. The van der Waals surface area contributed by atoms with Gasteiger partial charge in [-0.05, 0) is 19.3 Å². The summed E-state index contributed by atoms with van der Waals surface area (Å²) in [7, 11) is 0. The normalized spacial score (nSPS) is 15.5. The highest BCUT2D eigenvalue weighted by Crippen LogP contribution is 2.16. The molecule has 0 bridgehead atoms. The Morgan fingerprint density at radius 2 is 2.45 bits per heavy atom. The molecule has 56 valence electrons. The zero-order chi connectivity index (χ0) is 7.68. The zero-order valence-corrected chi connectivity index (χ0v) is 6.38. The second-order valence-corrected chi connectivity index (χ2v) is 2.83. The summed E-state index contributed by atoms with van der Waals surface area (Å²) in [6.07, 6.45) is 10.7. The van der Waals surface area contributed by atoms with E-state index >= 15 is 0 Å². The second-order valence-electron chi connectivity index (χ2n) is 2.83. The molecule has 0 spiro atoms. The van der Waals surface area contributed by atoms with Crippen LogP contribution in [0.2, 0.25) is 0 Å². The standard InChI is InChI=1S/C9H10N2/c1-2-8-7-10-11-6-4-3-5-9(8)11/h1,7H,3-6H2. The summed E-state index contributed by atoms with van der Waals surface area (Å²) in [6, 6.07) is 0. The minimum atomic E-state index is 0.977. The van der Waals surface area contributed by atoms with Gasteiger partial charge in [0.05, 0.1) is 17.5 Å². The molecule has 2 nitrogen and oxygen atoms in total. The predicted molar refractivity (Wildman–Crippen MR) is 43.1 cm³/mol. The van der Waals surface area contributed by atoms with Gasteiger partial charge in [-0.1, -0.05) is 5.92 Å². The van der Waals surface area contributed by atoms with Crippen molar-refractivity contribution in [3.8, 4) is 12.3 Å². The first-order valence-corrected chi connectivity index (χ1v) is 3.93. The highest BCUT2D eigenvalue weighted by molar-refractivity contribution is 5.34. The number of nitrogens with zero attached hydrogens (tertiary/aromatic N) is 2. The Morgan fingerprint density at radius 3 is 3.27 bits per heavy atom. The van der Waals surface area contributed by atoms with Gasteiger partial charge in [-0.2, -0.15) is 5.10 Å². The Hall–Kier alpha value is -1.23. The third-order valence-corrected chi connectivity index (χ3v) is 2.14. The van der Waals surface area contributed by atoms with E-state index in [0.717, 1.165) is 18.5 Å². The van der Waals surface area contributed by atoms with Crippen molar-refractivity contribution in [2.75, 3.05) is 0 Å². The Balaban J connectivity index is 2.48. The van der Waals surface area contributed by atoms with Crippen LogP contribution in [0.3, 0.4) is 0 Å². The summed E-state index contributed by atoms with van der Waals surface area (Å²) >= 11 is 0. The van der Waals surface area contributed by atoms with Crippen molar-refractivity contribution in [1.29, 1.82) is 0 Å². The number of aryl methyl sites for hydroxylation is 1. The first-order chi connectivity index (χ1) is 5.42. The van der Waals surface area contributed by atoms with Crippen molar-refractivity contribution in [3.63, 3.8) is 0 Å². The van der Waals surface area contributed by atoms with Gasteiger partial charge in [0.1, 0.15) is 0 Å². The lowest BCUT2D eigenvalue weighted by molar-refractivity contribution is 0.486. The molecule has 0 saturated carbocycles. The molecule has 11 heavy (non-hydrogen) atoms. The van der Waals surface area contributed by atoms with Gasteiger partial charge in [-0.25, -0.2) is 0 Å². The largest absolute Gasteiger partial charge is 0.268 e. The summed E-state index contributed by atoms with van der Waals surface area (Å²) in [6.45, 7) is 1.04. The van der Waals surface area contributed by atoms with Gasteiger partial charge in [-0.3, -0.25) is 4.68 Å². The third kappa shape index (κ3) is 0.932. The topological polar surface area (TPSA) is 17.8 Å². The molecule has 0 atom stereocenters. The Kier molecular flexibility index (Phi) is 1.43. The van der Waals surface area contributed by atoms with Gasteiger partial charge >= 0.3 is 0 Å². The van der Waals surface area contributed by atoms with Crippen LogP contribution in [0, 0.1) is 12.3 Å². The second kappa shape index (κ2) is 2.43. The SMILES string of the molecule is C#Cc1cnn2c1CCCC2. The summed E-state index contributed by atoms with van der Waals surface area (Å²) in [5.41, 5.74) is 2.23. The van der Waals surface area contributed by atoms with Gasteiger partial charge in [0.25, 0.3) is 0 Å². The van der Waals surface area contributed by atoms with Crippen molar-refractivity contribution in [2.45, 2.75) is 25.8 Å². The third-order valence-electron chi connectivity index (χ3n) is 2.14. The molecule has 2 rings (SSSR count). The zero-order valence-electron chi connectivity index (χ0n) is 6.38. The highest BCUT2D eigenvalue weighted by atomic mass is 15.3. The van der Waals surface area contributed by atoms with Crippen LogP contribution in [-0.4, -0.2) is 9.78 Å². The van der Waals surface area contributed by atoms with E-state index in [-0.39, 0.29) is 0 Å². The average Bonchev–Trinajstić information content (AvgIpc) is 2.47. The molecule has 0 unspecified atom stereocenters. The van der Waals surface area contributed by atoms with Gasteiger partial charge in [0.15, 0.2) is 0 Å². The van der Waals surface area contributed by atoms with Crippen LogP contribution in [0.1, 0.15) is 24.1 Å². The fourth-order valence-corrected chi connectivity index (χ4v) is 1.54. The molecule has 1 aliphatic heterocycles. The maximum atomic E-state index is 5.32. The smallest absolute Gasteiger partial charge is 0.0654 e. The molecule has 0 aromatic carbocycles. The van der Waals surface area contributed by atoms with Gasteiger partial charge < -0.3 is 0 Å². The quantitative estimate of drug-likeness (QED) is 0.503. The van der Waals surface area contributed by atoms with E-state index in [1.807, 2.05) is 4.68 Å². The van der Waals surface area contributed by atoms with Crippen LogP contribution in [0.4, 0.5) is 0 Å². The first kappa shape index (κ1) is 6.48. The number of terminal acetylenes is 1. The molecule has 1 aromatic heterocycles. The number of hydrogen-bond acceptors (Lipinski definition) is 1. The Morgan fingerprint density at radius 1 is 1.55 bits per heavy atom.